The van der Waals surface area contributed by atoms with E-state index in [4.69, 9.17) is 4.74 Å². The summed E-state index contributed by atoms with van der Waals surface area (Å²) in [5.41, 5.74) is 0. The Hall–Kier alpha value is -0.650. The van der Waals surface area contributed by atoms with Crippen LogP contribution in [-0.4, -0.2) is 75.2 Å². The number of likely N-dealkylation sites (N-methyl/N-ethyl adjacent to an activating group) is 1. The maximum absolute atomic E-state index is 11.3. The molecule has 0 aromatic carbocycles. The standard InChI is InChI=1S/C12H25N3O2/c1-4-15-7-8-17-11(10-15)9-13-6-5-12(16)14(2)3/h11,13H,4-10H2,1-3H3. The summed E-state index contributed by atoms with van der Waals surface area (Å²) in [7, 11) is 3.57. The fraction of sp³-hybridized carbons (Fsp3) is 0.917. The zero-order valence-corrected chi connectivity index (χ0v) is 11.2. The number of hydrogen-bond donors (Lipinski definition) is 1. The summed E-state index contributed by atoms with van der Waals surface area (Å²) in [4.78, 5) is 15.4. The predicted molar refractivity (Wildman–Crippen MR) is 68.0 cm³/mol. The highest BCUT2D eigenvalue weighted by atomic mass is 16.5. The fourth-order valence-electron chi connectivity index (χ4n) is 1.87. The number of amides is 1. The molecule has 1 saturated heterocycles. The van der Waals surface area contributed by atoms with Crippen molar-refractivity contribution in [3.05, 3.63) is 0 Å². The van der Waals surface area contributed by atoms with Crippen molar-refractivity contribution in [1.29, 1.82) is 0 Å². The van der Waals surface area contributed by atoms with Crippen molar-refractivity contribution in [2.75, 3.05) is 53.4 Å². The van der Waals surface area contributed by atoms with Crippen molar-refractivity contribution < 1.29 is 9.53 Å². The van der Waals surface area contributed by atoms with Gasteiger partial charge in [-0.2, -0.15) is 0 Å². The molecule has 1 aliphatic rings. The molecule has 0 aromatic heterocycles. The minimum absolute atomic E-state index is 0.164. The quantitative estimate of drug-likeness (QED) is 0.655. The van der Waals surface area contributed by atoms with Crippen LogP contribution in [-0.2, 0) is 9.53 Å². The van der Waals surface area contributed by atoms with E-state index in [1.54, 1.807) is 19.0 Å². The molecule has 5 heteroatoms. The van der Waals surface area contributed by atoms with Gasteiger partial charge < -0.3 is 15.0 Å². The van der Waals surface area contributed by atoms with Crippen LogP contribution in [0, 0.1) is 0 Å². The van der Waals surface area contributed by atoms with E-state index in [0.717, 1.165) is 39.3 Å². The van der Waals surface area contributed by atoms with Crippen molar-refractivity contribution in [2.24, 2.45) is 0 Å². The first-order chi connectivity index (χ1) is 8.13. The maximum Gasteiger partial charge on any atom is 0.223 e. The van der Waals surface area contributed by atoms with Gasteiger partial charge >= 0.3 is 0 Å². The molecular weight excluding hydrogens is 218 g/mol. The lowest BCUT2D eigenvalue weighted by Gasteiger charge is -2.32. The molecule has 1 aliphatic heterocycles. The van der Waals surface area contributed by atoms with Crippen molar-refractivity contribution in [3.8, 4) is 0 Å². The lowest BCUT2D eigenvalue weighted by molar-refractivity contribution is -0.128. The minimum Gasteiger partial charge on any atom is -0.374 e. The van der Waals surface area contributed by atoms with Gasteiger partial charge in [-0.15, -0.1) is 0 Å². The van der Waals surface area contributed by atoms with Gasteiger partial charge in [0.25, 0.3) is 0 Å². The average Bonchev–Trinajstić information content (AvgIpc) is 2.34. The summed E-state index contributed by atoms with van der Waals surface area (Å²) in [6.07, 6.45) is 0.815. The molecule has 0 spiro atoms. The Morgan fingerprint density at radius 2 is 2.29 bits per heavy atom. The van der Waals surface area contributed by atoms with Gasteiger partial charge in [-0.25, -0.2) is 0 Å². The highest BCUT2D eigenvalue weighted by molar-refractivity contribution is 5.75. The Labute approximate surface area is 104 Å². The Balaban J connectivity index is 2.08. The number of nitrogens with zero attached hydrogens (tertiary/aromatic N) is 2. The molecule has 1 heterocycles. The number of rotatable bonds is 6. The molecule has 0 aromatic rings. The molecule has 0 aliphatic carbocycles. The molecule has 5 nitrogen and oxygen atoms in total. The molecule has 1 N–H and O–H groups in total. The van der Waals surface area contributed by atoms with Gasteiger partial charge in [-0.05, 0) is 6.54 Å². The van der Waals surface area contributed by atoms with Crippen molar-refractivity contribution in [2.45, 2.75) is 19.4 Å². The van der Waals surface area contributed by atoms with Gasteiger partial charge in [-0.1, -0.05) is 6.92 Å². The summed E-state index contributed by atoms with van der Waals surface area (Å²) >= 11 is 0. The molecule has 1 unspecified atom stereocenters. The van der Waals surface area contributed by atoms with Crippen molar-refractivity contribution in [3.63, 3.8) is 0 Å². The number of morpholine rings is 1. The van der Waals surface area contributed by atoms with E-state index in [2.05, 4.69) is 17.1 Å². The van der Waals surface area contributed by atoms with Gasteiger partial charge in [0.15, 0.2) is 0 Å². The minimum atomic E-state index is 0.164. The second-order valence-corrected chi connectivity index (χ2v) is 4.63. The zero-order valence-electron chi connectivity index (χ0n) is 11.2. The first kappa shape index (κ1) is 14.4. The maximum atomic E-state index is 11.3. The molecule has 0 radical (unpaired) electrons. The molecule has 17 heavy (non-hydrogen) atoms. The van der Waals surface area contributed by atoms with Crippen LogP contribution >= 0.6 is 0 Å². The third-order valence-corrected chi connectivity index (χ3v) is 3.06. The van der Waals surface area contributed by atoms with E-state index >= 15 is 0 Å². The van der Waals surface area contributed by atoms with Crippen LogP contribution in [0.2, 0.25) is 0 Å². The molecule has 0 bridgehead atoms. The van der Waals surface area contributed by atoms with Gasteiger partial charge in [0, 0.05) is 46.7 Å². The van der Waals surface area contributed by atoms with Crippen LogP contribution in [0.3, 0.4) is 0 Å². The number of hydrogen-bond acceptors (Lipinski definition) is 4. The van der Waals surface area contributed by atoms with E-state index in [0.29, 0.717) is 6.42 Å². The number of carbonyl (C=O) groups is 1. The van der Waals surface area contributed by atoms with Crippen LogP contribution in [0.25, 0.3) is 0 Å². The third kappa shape index (κ3) is 5.48. The second kappa shape index (κ2) is 7.63. The highest BCUT2D eigenvalue weighted by Gasteiger charge is 2.18. The van der Waals surface area contributed by atoms with Gasteiger partial charge in [0.2, 0.25) is 5.91 Å². The smallest absolute Gasteiger partial charge is 0.223 e. The van der Waals surface area contributed by atoms with Gasteiger partial charge in [0.05, 0.1) is 12.7 Å². The largest absolute Gasteiger partial charge is 0.374 e. The normalized spacial score (nSPS) is 21.5. The third-order valence-electron chi connectivity index (χ3n) is 3.06. The van der Waals surface area contributed by atoms with Crippen molar-refractivity contribution >= 4 is 5.91 Å². The summed E-state index contributed by atoms with van der Waals surface area (Å²) in [5, 5.41) is 3.29. The topological polar surface area (TPSA) is 44.8 Å². The second-order valence-electron chi connectivity index (χ2n) is 4.63. The molecule has 0 saturated carbocycles. The van der Waals surface area contributed by atoms with Crippen LogP contribution < -0.4 is 5.32 Å². The van der Waals surface area contributed by atoms with E-state index < -0.39 is 0 Å². The van der Waals surface area contributed by atoms with Crippen LogP contribution in [0.15, 0.2) is 0 Å². The van der Waals surface area contributed by atoms with E-state index in [-0.39, 0.29) is 12.0 Å². The number of carbonyl (C=O) groups excluding carboxylic acids is 1. The number of ether oxygens (including phenoxy) is 1. The zero-order chi connectivity index (χ0) is 12.7. The molecule has 1 rings (SSSR count). The molecule has 1 fully saturated rings. The van der Waals surface area contributed by atoms with Crippen LogP contribution in [0.1, 0.15) is 13.3 Å². The Bertz CT molecular complexity index is 234. The van der Waals surface area contributed by atoms with Crippen molar-refractivity contribution in [1.82, 2.24) is 15.1 Å². The fourth-order valence-corrected chi connectivity index (χ4v) is 1.87. The first-order valence-electron chi connectivity index (χ1n) is 6.38. The molecule has 1 atom stereocenters. The van der Waals surface area contributed by atoms with Gasteiger partial charge in [0.1, 0.15) is 0 Å². The Morgan fingerprint density at radius 3 is 2.94 bits per heavy atom. The monoisotopic (exact) mass is 243 g/mol. The van der Waals surface area contributed by atoms with Crippen LogP contribution in [0.4, 0.5) is 0 Å². The number of nitrogens with one attached hydrogen (secondary N) is 1. The molecule has 1 amide bonds. The van der Waals surface area contributed by atoms with E-state index in [1.807, 2.05) is 0 Å². The van der Waals surface area contributed by atoms with Gasteiger partial charge in [-0.3, -0.25) is 9.69 Å². The first-order valence-corrected chi connectivity index (χ1v) is 6.38. The van der Waals surface area contributed by atoms with Crippen LogP contribution in [0.5, 0.6) is 0 Å². The lowest BCUT2D eigenvalue weighted by atomic mass is 10.2. The Kier molecular flexibility index (Phi) is 6.47. The summed E-state index contributed by atoms with van der Waals surface area (Å²) in [6.45, 7) is 7.65. The predicted octanol–water partition coefficient (Wildman–Crippen LogP) is -0.225. The highest BCUT2D eigenvalue weighted by Crippen LogP contribution is 2.03. The SMILES string of the molecule is CCN1CCOC(CNCCC(=O)N(C)C)C1. The van der Waals surface area contributed by atoms with E-state index in [1.165, 1.54) is 0 Å². The molecular formula is C12H25N3O2. The summed E-state index contributed by atoms with van der Waals surface area (Å²) < 4.78 is 5.67. The molecule has 100 valence electrons. The Morgan fingerprint density at radius 1 is 1.53 bits per heavy atom. The lowest BCUT2D eigenvalue weighted by Crippen LogP contribution is -2.46. The summed E-state index contributed by atoms with van der Waals surface area (Å²) in [6, 6.07) is 0. The average molecular weight is 243 g/mol. The van der Waals surface area contributed by atoms with E-state index in [9.17, 15) is 4.79 Å². The summed E-state index contributed by atoms with van der Waals surface area (Å²) in [5.74, 6) is 0.164.